The molecule has 21 heavy (non-hydrogen) atoms. The summed E-state index contributed by atoms with van der Waals surface area (Å²) in [5.74, 6) is -0.318. The molecule has 0 aliphatic heterocycles. The van der Waals surface area contributed by atoms with E-state index in [4.69, 9.17) is 5.73 Å². The van der Waals surface area contributed by atoms with Crippen LogP contribution in [0.5, 0.6) is 0 Å². The molecule has 1 aromatic rings. The molecule has 0 saturated heterocycles. The fraction of sp³-hybridized carbons (Fsp3) is 0.667. The quantitative estimate of drug-likeness (QED) is 0.594. The Morgan fingerprint density at radius 1 is 1.43 bits per heavy atom. The summed E-state index contributed by atoms with van der Waals surface area (Å²) in [5, 5.41) is 9.28. The van der Waals surface area contributed by atoms with E-state index in [0.29, 0.717) is 11.4 Å². The number of nitrogens with zero attached hydrogens (tertiary/aromatic N) is 1. The minimum atomic E-state index is -3.36. The van der Waals surface area contributed by atoms with Gasteiger partial charge >= 0.3 is 0 Å². The van der Waals surface area contributed by atoms with E-state index in [1.807, 2.05) is 13.8 Å². The van der Waals surface area contributed by atoms with Crippen molar-refractivity contribution in [3.63, 3.8) is 0 Å². The number of hydrogen-bond acceptors (Lipinski definition) is 5. The van der Waals surface area contributed by atoms with Crippen molar-refractivity contribution in [2.45, 2.75) is 39.2 Å². The number of amides is 1. The van der Waals surface area contributed by atoms with E-state index in [1.165, 1.54) is 0 Å². The zero-order valence-electron chi connectivity index (χ0n) is 12.9. The molecule has 0 radical (unpaired) electrons. The first-order chi connectivity index (χ1) is 9.43. The molecular weight excluding hydrogens is 294 g/mol. The lowest BCUT2D eigenvalue weighted by atomic mass is 10.1. The molecule has 0 unspecified atom stereocenters. The molecule has 0 spiro atoms. The molecule has 0 fully saturated rings. The van der Waals surface area contributed by atoms with E-state index in [9.17, 15) is 13.2 Å². The van der Waals surface area contributed by atoms with Gasteiger partial charge in [-0.05, 0) is 19.8 Å². The number of hydrogen-bond donors (Lipinski definition) is 4. The van der Waals surface area contributed by atoms with E-state index in [-0.39, 0.29) is 18.2 Å². The first-order valence-corrected chi connectivity index (χ1v) is 8.43. The van der Waals surface area contributed by atoms with Crippen LogP contribution in [0.1, 0.15) is 49.8 Å². The average molecular weight is 317 g/mol. The van der Waals surface area contributed by atoms with Crippen molar-refractivity contribution in [3.8, 4) is 0 Å². The number of carbonyl (C=O) groups excluding carboxylic acids is 1. The van der Waals surface area contributed by atoms with E-state index >= 15 is 0 Å². The standard InChI is InChI=1S/C12H23N5O3S/c1-7(2)9-8(13)10(16-15-9)11(18)14-6-12(3,4)17-21(5,19)20/h7,17H,6,13H2,1-5H3,(H,14,18)(H,15,16). The molecule has 1 heterocycles. The molecule has 8 nitrogen and oxygen atoms in total. The molecular formula is C12H23N5O3S. The van der Waals surface area contributed by atoms with Crippen LogP contribution in [0, 0.1) is 0 Å². The lowest BCUT2D eigenvalue weighted by Gasteiger charge is -2.25. The molecule has 1 amide bonds. The van der Waals surface area contributed by atoms with Crippen LogP contribution in [-0.2, 0) is 10.0 Å². The summed E-state index contributed by atoms with van der Waals surface area (Å²) in [4.78, 5) is 12.1. The molecule has 0 aliphatic rings. The Morgan fingerprint density at radius 2 is 2.00 bits per heavy atom. The summed E-state index contributed by atoms with van der Waals surface area (Å²) < 4.78 is 24.9. The zero-order chi connectivity index (χ0) is 16.4. The highest BCUT2D eigenvalue weighted by Gasteiger charge is 2.25. The van der Waals surface area contributed by atoms with Crippen LogP contribution >= 0.6 is 0 Å². The Labute approximate surface area is 124 Å². The third-order valence-electron chi connectivity index (χ3n) is 2.78. The number of carbonyl (C=O) groups is 1. The Hall–Kier alpha value is -1.61. The molecule has 0 aliphatic carbocycles. The van der Waals surface area contributed by atoms with Gasteiger partial charge < -0.3 is 11.1 Å². The van der Waals surface area contributed by atoms with Gasteiger partial charge in [0.15, 0.2) is 5.69 Å². The molecule has 0 aromatic carbocycles. The number of sulfonamides is 1. The molecule has 0 bridgehead atoms. The predicted octanol–water partition coefficient (Wildman–Crippen LogP) is 0.173. The van der Waals surface area contributed by atoms with Crippen molar-refractivity contribution in [1.29, 1.82) is 0 Å². The third kappa shape index (κ3) is 5.01. The Morgan fingerprint density at radius 3 is 2.43 bits per heavy atom. The fourth-order valence-corrected chi connectivity index (χ4v) is 2.98. The van der Waals surface area contributed by atoms with Gasteiger partial charge in [0, 0.05) is 12.1 Å². The highest BCUT2D eigenvalue weighted by molar-refractivity contribution is 7.88. The van der Waals surface area contributed by atoms with Gasteiger partial charge in [-0.1, -0.05) is 13.8 Å². The van der Waals surface area contributed by atoms with Crippen LogP contribution in [0.4, 0.5) is 5.69 Å². The van der Waals surface area contributed by atoms with Crippen molar-refractivity contribution >= 4 is 21.6 Å². The highest BCUT2D eigenvalue weighted by Crippen LogP contribution is 2.21. The monoisotopic (exact) mass is 317 g/mol. The first kappa shape index (κ1) is 17.4. The van der Waals surface area contributed by atoms with Crippen LogP contribution in [0.15, 0.2) is 0 Å². The van der Waals surface area contributed by atoms with E-state index in [0.717, 1.165) is 6.26 Å². The molecule has 9 heteroatoms. The van der Waals surface area contributed by atoms with Gasteiger partial charge in [-0.25, -0.2) is 13.1 Å². The average Bonchev–Trinajstić information content (AvgIpc) is 2.65. The maximum atomic E-state index is 12.1. The van der Waals surface area contributed by atoms with Crippen molar-refractivity contribution in [1.82, 2.24) is 20.2 Å². The number of anilines is 1. The summed E-state index contributed by atoms with van der Waals surface area (Å²) in [6, 6.07) is 0. The number of rotatable bonds is 6. The van der Waals surface area contributed by atoms with Crippen LogP contribution in [0.3, 0.4) is 0 Å². The molecule has 0 atom stereocenters. The van der Waals surface area contributed by atoms with Crippen molar-refractivity contribution in [3.05, 3.63) is 11.4 Å². The number of nitrogens with one attached hydrogen (secondary N) is 3. The van der Waals surface area contributed by atoms with E-state index < -0.39 is 21.5 Å². The second-order valence-electron chi connectivity index (χ2n) is 6.00. The van der Waals surface area contributed by atoms with Gasteiger partial charge in [0.1, 0.15) is 0 Å². The van der Waals surface area contributed by atoms with Crippen molar-refractivity contribution in [2.75, 3.05) is 18.5 Å². The van der Waals surface area contributed by atoms with Crippen LogP contribution in [-0.4, -0.2) is 42.9 Å². The summed E-state index contributed by atoms with van der Waals surface area (Å²) in [6.07, 6.45) is 1.07. The van der Waals surface area contributed by atoms with Crippen molar-refractivity contribution < 1.29 is 13.2 Å². The predicted molar refractivity (Wildman–Crippen MR) is 81.5 cm³/mol. The summed E-state index contributed by atoms with van der Waals surface area (Å²) >= 11 is 0. The van der Waals surface area contributed by atoms with Gasteiger partial charge in [-0.2, -0.15) is 5.10 Å². The maximum absolute atomic E-state index is 12.1. The smallest absolute Gasteiger partial charge is 0.274 e. The molecule has 1 rings (SSSR count). The Balaban J connectivity index is 2.75. The number of nitrogen functional groups attached to an aromatic ring is 1. The second-order valence-corrected chi connectivity index (χ2v) is 7.74. The lowest BCUT2D eigenvalue weighted by Crippen LogP contribution is -2.51. The Kier molecular flexibility index (Phi) is 5.00. The number of nitrogens with two attached hydrogens (primary N) is 1. The minimum Gasteiger partial charge on any atom is -0.395 e. The van der Waals surface area contributed by atoms with Gasteiger partial charge in [0.25, 0.3) is 5.91 Å². The maximum Gasteiger partial charge on any atom is 0.274 e. The largest absolute Gasteiger partial charge is 0.395 e. The molecule has 0 saturated carbocycles. The van der Waals surface area contributed by atoms with Gasteiger partial charge in [-0.15, -0.1) is 0 Å². The van der Waals surface area contributed by atoms with Crippen LogP contribution < -0.4 is 15.8 Å². The molecule has 5 N–H and O–H groups in total. The normalized spacial score (nSPS) is 12.7. The number of aromatic nitrogens is 2. The van der Waals surface area contributed by atoms with E-state index in [2.05, 4.69) is 20.2 Å². The topological polar surface area (TPSA) is 130 Å². The molecule has 1 aromatic heterocycles. The van der Waals surface area contributed by atoms with Crippen LogP contribution in [0.25, 0.3) is 0 Å². The zero-order valence-corrected chi connectivity index (χ0v) is 13.8. The number of H-pyrrole nitrogens is 1. The van der Waals surface area contributed by atoms with Gasteiger partial charge in [0.2, 0.25) is 10.0 Å². The SMILES string of the molecule is CC(C)c1[nH]nc(C(=O)NCC(C)(C)NS(C)(=O)=O)c1N. The van der Waals surface area contributed by atoms with Crippen molar-refractivity contribution in [2.24, 2.45) is 0 Å². The first-order valence-electron chi connectivity index (χ1n) is 6.54. The van der Waals surface area contributed by atoms with Gasteiger partial charge in [0.05, 0.1) is 17.6 Å². The number of aromatic amines is 1. The van der Waals surface area contributed by atoms with Crippen LogP contribution in [0.2, 0.25) is 0 Å². The third-order valence-corrected chi connectivity index (χ3v) is 3.70. The minimum absolute atomic E-state index is 0.113. The van der Waals surface area contributed by atoms with E-state index in [1.54, 1.807) is 13.8 Å². The van der Waals surface area contributed by atoms with Gasteiger partial charge in [-0.3, -0.25) is 9.89 Å². The summed E-state index contributed by atoms with van der Waals surface area (Å²) in [5.41, 5.74) is 6.21. The highest BCUT2D eigenvalue weighted by atomic mass is 32.2. The second kappa shape index (κ2) is 6.02. The summed E-state index contributed by atoms with van der Waals surface area (Å²) in [7, 11) is -3.36. The lowest BCUT2D eigenvalue weighted by molar-refractivity contribution is 0.0940. The fourth-order valence-electron chi connectivity index (χ4n) is 1.90. The Bertz CT molecular complexity index is 619. The summed E-state index contributed by atoms with van der Waals surface area (Å²) in [6.45, 7) is 7.32. The molecule has 120 valence electrons.